The topological polar surface area (TPSA) is 52.7 Å². The zero-order valence-corrected chi connectivity index (χ0v) is 7.40. The summed E-state index contributed by atoms with van der Waals surface area (Å²) in [5.41, 5.74) is -0.148. The van der Waals surface area contributed by atoms with E-state index in [0.29, 0.717) is 6.54 Å². The van der Waals surface area contributed by atoms with Crippen LogP contribution >= 0.6 is 0 Å². The Morgan fingerprint density at radius 1 is 1.54 bits per heavy atom. The largest absolute Gasteiger partial charge is 0.364 e. The zero-order chi connectivity index (χ0) is 9.26. The van der Waals surface area contributed by atoms with Gasteiger partial charge in [-0.3, -0.25) is 0 Å². The van der Waals surface area contributed by atoms with Gasteiger partial charge in [-0.15, -0.1) is 5.92 Å². The monoisotopic (exact) mass is 178 g/mol. The van der Waals surface area contributed by atoms with E-state index in [-0.39, 0.29) is 11.7 Å². The van der Waals surface area contributed by atoms with Crippen molar-refractivity contribution in [1.82, 2.24) is 19.8 Å². The van der Waals surface area contributed by atoms with Crippen molar-refractivity contribution in [1.29, 1.82) is 0 Å². The van der Waals surface area contributed by atoms with Crippen LogP contribution in [0.25, 0.3) is 0 Å². The predicted octanol–water partition coefficient (Wildman–Crippen LogP) is -0.202. The number of hydrogen-bond acceptors (Lipinski definition) is 3. The van der Waals surface area contributed by atoms with Crippen molar-refractivity contribution in [2.45, 2.75) is 32.4 Å². The van der Waals surface area contributed by atoms with Crippen LogP contribution < -0.4 is 5.69 Å². The van der Waals surface area contributed by atoms with Gasteiger partial charge in [0, 0.05) is 0 Å². The highest BCUT2D eigenvalue weighted by molar-refractivity contribution is 4.94. The van der Waals surface area contributed by atoms with Gasteiger partial charge in [0.1, 0.15) is 6.54 Å². The molecule has 1 heterocycles. The smallest absolute Gasteiger partial charge is 0.244 e. The molecule has 5 heteroatoms. The number of rotatable bonds is 2. The van der Waals surface area contributed by atoms with Crippen molar-refractivity contribution in [2.75, 3.05) is 0 Å². The Labute approximate surface area is 75.3 Å². The first-order valence-corrected chi connectivity index (χ1v) is 4.25. The van der Waals surface area contributed by atoms with Crippen molar-refractivity contribution in [3.63, 3.8) is 0 Å². The highest BCUT2D eigenvalue weighted by atomic mass is 16.2. The molecule has 0 unspecified atom stereocenters. The molecule has 1 aromatic rings. The fourth-order valence-electron chi connectivity index (χ4n) is 1.09. The van der Waals surface area contributed by atoms with E-state index in [1.165, 1.54) is 9.36 Å². The van der Waals surface area contributed by atoms with Crippen LogP contribution in [0.1, 0.15) is 25.8 Å². The maximum atomic E-state index is 11.5. The molecule has 1 aliphatic rings. The average molecular weight is 178 g/mol. The number of tetrazole rings is 1. The molecule has 0 N–H and O–H groups in total. The summed E-state index contributed by atoms with van der Waals surface area (Å²) in [6.45, 7) is 2.07. The number of aromatic nitrogens is 4. The Hall–Kier alpha value is -1.57. The fourth-order valence-corrected chi connectivity index (χ4v) is 1.09. The summed E-state index contributed by atoms with van der Waals surface area (Å²) < 4.78 is 2.73. The standard InChI is InChI=1S/C8H10N4O/c1-2-3-6-11-8(13)12(10-9-11)7-4-5-7/h7H,4-6H2,1H3. The van der Waals surface area contributed by atoms with E-state index >= 15 is 0 Å². The third-order valence-electron chi connectivity index (χ3n) is 1.96. The van der Waals surface area contributed by atoms with Gasteiger partial charge >= 0.3 is 5.69 Å². The van der Waals surface area contributed by atoms with Crippen LogP contribution in [0.2, 0.25) is 0 Å². The molecular formula is C8H10N4O. The van der Waals surface area contributed by atoms with E-state index in [1.807, 2.05) is 0 Å². The van der Waals surface area contributed by atoms with Crippen molar-refractivity contribution < 1.29 is 0 Å². The molecule has 0 aliphatic heterocycles. The molecule has 1 aromatic heterocycles. The fraction of sp³-hybridized carbons (Fsp3) is 0.625. The Balaban J connectivity index is 2.25. The lowest BCUT2D eigenvalue weighted by Crippen LogP contribution is -2.24. The highest BCUT2D eigenvalue weighted by Gasteiger charge is 2.27. The summed E-state index contributed by atoms with van der Waals surface area (Å²) in [6.07, 6.45) is 2.08. The quantitative estimate of drug-likeness (QED) is 0.589. The van der Waals surface area contributed by atoms with Crippen LogP contribution in [0, 0.1) is 11.8 Å². The van der Waals surface area contributed by atoms with Gasteiger partial charge in [0.15, 0.2) is 0 Å². The van der Waals surface area contributed by atoms with E-state index in [2.05, 4.69) is 22.3 Å². The van der Waals surface area contributed by atoms with Crippen LogP contribution in [-0.2, 0) is 6.54 Å². The molecule has 13 heavy (non-hydrogen) atoms. The first kappa shape index (κ1) is 8.05. The van der Waals surface area contributed by atoms with E-state index in [9.17, 15) is 4.79 Å². The molecule has 0 radical (unpaired) electrons. The second kappa shape index (κ2) is 3.05. The summed E-state index contributed by atoms with van der Waals surface area (Å²) in [4.78, 5) is 11.5. The lowest BCUT2D eigenvalue weighted by molar-refractivity contribution is 0.593. The first-order valence-electron chi connectivity index (χ1n) is 4.25. The minimum Gasteiger partial charge on any atom is -0.244 e. The summed E-state index contributed by atoms with van der Waals surface area (Å²) in [7, 11) is 0. The van der Waals surface area contributed by atoms with Gasteiger partial charge in [0.05, 0.1) is 6.04 Å². The Kier molecular flexibility index (Phi) is 1.89. The van der Waals surface area contributed by atoms with E-state index in [1.54, 1.807) is 6.92 Å². The third kappa shape index (κ3) is 1.47. The Bertz CT molecular complexity index is 415. The molecule has 0 aromatic carbocycles. The van der Waals surface area contributed by atoms with Crippen LogP contribution in [0.15, 0.2) is 4.79 Å². The molecule has 1 fully saturated rings. The molecule has 0 spiro atoms. The minimum atomic E-state index is -0.148. The second-order valence-electron chi connectivity index (χ2n) is 3.02. The summed E-state index contributed by atoms with van der Waals surface area (Å²) in [6, 6.07) is 0.288. The molecule has 0 amide bonds. The van der Waals surface area contributed by atoms with Crippen LogP contribution in [0.3, 0.4) is 0 Å². The third-order valence-corrected chi connectivity index (χ3v) is 1.96. The van der Waals surface area contributed by atoms with Crippen LogP contribution in [0.4, 0.5) is 0 Å². The number of nitrogens with zero attached hydrogens (tertiary/aromatic N) is 4. The van der Waals surface area contributed by atoms with Crippen molar-refractivity contribution in [2.24, 2.45) is 0 Å². The maximum Gasteiger partial charge on any atom is 0.364 e. The van der Waals surface area contributed by atoms with Crippen LogP contribution in [-0.4, -0.2) is 19.8 Å². The van der Waals surface area contributed by atoms with Gasteiger partial charge in [-0.05, 0) is 30.2 Å². The second-order valence-corrected chi connectivity index (χ2v) is 3.02. The zero-order valence-electron chi connectivity index (χ0n) is 7.40. The van der Waals surface area contributed by atoms with Gasteiger partial charge in [0.2, 0.25) is 0 Å². The molecule has 0 bridgehead atoms. The van der Waals surface area contributed by atoms with Gasteiger partial charge < -0.3 is 0 Å². The van der Waals surface area contributed by atoms with E-state index in [4.69, 9.17) is 0 Å². The van der Waals surface area contributed by atoms with Crippen molar-refractivity contribution >= 4 is 0 Å². The molecule has 1 saturated carbocycles. The lowest BCUT2D eigenvalue weighted by atomic mass is 10.6. The summed E-state index contributed by atoms with van der Waals surface area (Å²) in [5.74, 6) is 5.49. The summed E-state index contributed by atoms with van der Waals surface area (Å²) in [5, 5.41) is 7.51. The minimum absolute atomic E-state index is 0.148. The van der Waals surface area contributed by atoms with Crippen molar-refractivity contribution in [3.05, 3.63) is 10.5 Å². The van der Waals surface area contributed by atoms with Gasteiger partial charge in [-0.25, -0.2) is 4.79 Å². The van der Waals surface area contributed by atoms with Gasteiger partial charge in [-0.1, -0.05) is 5.92 Å². The van der Waals surface area contributed by atoms with Gasteiger partial charge in [-0.2, -0.15) is 9.36 Å². The molecule has 0 saturated heterocycles. The molecule has 1 aliphatic carbocycles. The van der Waals surface area contributed by atoms with Crippen LogP contribution in [0.5, 0.6) is 0 Å². The lowest BCUT2D eigenvalue weighted by Gasteiger charge is -1.89. The average Bonchev–Trinajstić information content (AvgIpc) is 2.89. The molecule has 5 nitrogen and oxygen atoms in total. The summed E-state index contributed by atoms with van der Waals surface area (Å²) >= 11 is 0. The predicted molar refractivity (Wildman–Crippen MR) is 46.0 cm³/mol. The van der Waals surface area contributed by atoms with E-state index in [0.717, 1.165) is 12.8 Å². The van der Waals surface area contributed by atoms with Gasteiger partial charge in [0.25, 0.3) is 0 Å². The Morgan fingerprint density at radius 2 is 2.31 bits per heavy atom. The number of hydrogen-bond donors (Lipinski definition) is 0. The van der Waals surface area contributed by atoms with E-state index < -0.39 is 0 Å². The Morgan fingerprint density at radius 3 is 2.92 bits per heavy atom. The molecule has 2 rings (SSSR count). The first-order chi connectivity index (χ1) is 6.33. The highest BCUT2D eigenvalue weighted by Crippen LogP contribution is 2.32. The normalized spacial score (nSPS) is 15.2. The van der Waals surface area contributed by atoms with Crippen molar-refractivity contribution in [3.8, 4) is 11.8 Å². The SMILES string of the molecule is CC#CCn1nnn(C2CC2)c1=O. The molecular weight excluding hydrogens is 168 g/mol. The molecule has 0 atom stereocenters. The maximum absolute atomic E-state index is 11.5. The molecule has 68 valence electrons.